The molecule has 2 aromatic rings. The van der Waals surface area contributed by atoms with Crippen LogP contribution in [0, 0.1) is 0 Å². The van der Waals surface area contributed by atoms with E-state index in [1.807, 2.05) is 0 Å². The largest absolute Gasteiger partial charge is 0.365 e. The monoisotopic (exact) mass is 376 g/mol. The lowest BCUT2D eigenvalue weighted by Gasteiger charge is -2.21. The van der Waals surface area contributed by atoms with Gasteiger partial charge in [0.2, 0.25) is 0 Å². The zero-order chi connectivity index (χ0) is 17.6. The van der Waals surface area contributed by atoms with Crippen LogP contribution in [-0.2, 0) is 6.42 Å². The van der Waals surface area contributed by atoms with E-state index in [9.17, 15) is 9.59 Å². The number of nitrogens with one attached hydrogen (secondary N) is 3. The summed E-state index contributed by atoms with van der Waals surface area (Å²) in [6, 6.07) is 7.03. The first-order chi connectivity index (χ1) is 12.0. The summed E-state index contributed by atoms with van der Waals surface area (Å²) in [5, 5.41) is 10.2. The minimum atomic E-state index is -0.499. The van der Waals surface area contributed by atoms with Crippen LogP contribution in [0.5, 0.6) is 0 Å². The van der Waals surface area contributed by atoms with Gasteiger partial charge in [0, 0.05) is 27.7 Å². The van der Waals surface area contributed by atoms with E-state index in [-0.39, 0.29) is 6.04 Å². The van der Waals surface area contributed by atoms with Crippen LogP contribution in [0.15, 0.2) is 24.3 Å². The zero-order valence-corrected chi connectivity index (χ0v) is 14.8. The number of thiophene rings is 1. The molecule has 8 heteroatoms. The van der Waals surface area contributed by atoms with E-state index in [1.165, 1.54) is 11.3 Å². The van der Waals surface area contributed by atoms with E-state index in [4.69, 9.17) is 17.3 Å². The second kappa shape index (κ2) is 6.33. The first-order valence-corrected chi connectivity index (χ1v) is 9.25. The van der Waals surface area contributed by atoms with Crippen molar-refractivity contribution in [3.63, 3.8) is 0 Å². The number of carbonyl (C=O) groups is 2. The van der Waals surface area contributed by atoms with E-state index >= 15 is 0 Å². The van der Waals surface area contributed by atoms with Crippen molar-refractivity contribution in [2.75, 3.05) is 10.6 Å². The highest BCUT2D eigenvalue weighted by atomic mass is 35.5. The quantitative estimate of drug-likeness (QED) is 0.660. The lowest BCUT2D eigenvalue weighted by Crippen LogP contribution is -2.32. The summed E-state index contributed by atoms with van der Waals surface area (Å²) in [5.74, 6) is -0.499. The highest BCUT2D eigenvalue weighted by Crippen LogP contribution is 2.45. The van der Waals surface area contributed by atoms with Crippen molar-refractivity contribution in [1.82, 2.24) is 5.32 Å². The topological polar surface area (TPSA) is 96.2 Å². The van der Waals surface area contributed by atoms with Crippen molar-refractivity contribution in [1.29, 1.82) is 0 Å². The Morgan fingerprint density at radius 2 is 1.96 bits per heavy atom. The van der Waals surface area contributed by atoms with Crippen LogP contribution in [0.25, 0.3) is 0 Å². The number of rotatable bonds is 3. The second-order valence-corrected chi connectivity index (χ2v) is 7.79. The van der Waals surface area contributed by atoms with Crippen LogP contribution in [0.1, 0.15) is 39.7 Å². The summed E-state index contributed by atoms with van der Waals surface area (Å²) in [4.78, 5) is 25.4. The molecule has 2 atom stereocenters. The fourth-order valence-electron chi connectivity index (χ4n) is 3.55. The maximum absolute atomic E-state index is 12.3. The molecule has 2 aliphatic rings. The van der Waals surface area contributed by atoms with E-state index in [0.29, 0.717) is 27.3 Å². The van der Waals surface area contributed by atoms with Crippen LogP contribution in [0.2, 0.25) is 5.02 Å². The molecule has 2 unspecified atom stereocenters. The number of fused-ring (bicyclic) bond motifs is 4. The number of amides is 3. The maximum Gasteiger partial charge on any atom is 0.324 e. The molecule has 2 bridgehead atoms. The minimum Gasteiger partial charge on any atom is -0.365 e. The van der Waals surface area contributed by atoms with Gasteiger partial charge >= 0.3 is 6.03 Å². The molecule has 1 aromatic carbocycles. The van der Waals surface area contributed by atoms with Crippen molar-refractivity contribution in [3.05, 3.63) is 45.3 Å². The van der Waals surface area contributed by atoms with Gasteiger partial charge in [-0.1, -0.05) is 11.6 Å². The van der Waals surface area contributed by atoms with Gasteiger partial charge in [0.1, 0.15) is 5.00 Å². The van der Waals surface area contributed by atoms with Gasteiger partial charge in [-0.15, -0.1) is 11.3 Å². The normalized spacial score (nSPS) is 20.8. The molecular formula is C17H17ClN4O2S. The Labute approximate surface area is 153 Å². The second-order valence-electron chi connectivity index (χ2n) is 6.30. The van der Waals surface area contributed by atoms with Crippen LogP contribution in [0.4, 0.5) is 15.5 Å². The van der Waals surface area contributed by atoms with Crippen molar-refractivity contribution in [2.24, 2.45) is 5.73 Å². The van der Waals surface area contributed by atoms with E-state index < -0.39 is 11.9 Å². The van der Waals surface area contributed by atoms with Crippen LogP contribution >= 0.6 is 22.9 Å². The molecule has 0 radical (unpaired) electrons. The number of hydrogen-bond donors (Lipinski definition) is 4. The van der Waals surface area contributed by atoms with Crippen molar-refractivity contribution in [3.8, 4) is 0 Å². The minimum absolute atomic E-state index is 0.256. The molecule has 0 saturated carbocycles. The molecule has 1 aromatic heterocycles. The number of primary amides is 1. The number of halogens is 1. The van der Waals surface area contributed by atoms with Gasteiger partial charge in [0.05, 0.1) is 5.56 Å². The van der Waals surface area contributed by atoms with Gasteiger partial charge in [-0.05, 0) is 49.1 Å². The molecule has 2 aliphatic heterocycles. The summed E-state index contributed by atoms with van der Waals surface area (Å²) < 4.78 is 0. The molecule has 6 nitrogen and oxygen atoms in total. The zero-order valence-electron chi connectivity index (χ0n) is 13.3. The fraction of sp³-hybridized carbons (Fsp3) is 0.294. The van der Waals surface area contributed by atoms with Gasteiger partial charge in [-0.3, -0.25) is 10.1 Å². The summed E-state index contributed by atoms with van der Waals surface area (Å²) in [5.41, 5.74) is 7.66. The molecular weight excluding hydrogens is 360 g/mol. The third-order valence-corrected chi connectivity index (χ3v) is 6.13. The molecule has 3 heterocycles. The summed E-state index contributed by atoms with van der Waals surface area (Å²) in [6.07, 6.45) is 2.93. The third-order valence-electron chi connectivity index (χ3n) is 4.62. The first-order valence-electron chi connectivity index (χ1n) is 8.06. The van der Waals surface area contributed by atoms with Crippen molar-refractivity contribution in [2.45, 2.75) is 31.3 Å². The van der Waals surface area contributed by atoms with Crippen LogP contribution in [0.3, 0.4) is 0 Å². The smallest absolute Gasteiger partial charge is 0.324 e. The summed E-state index contributed by atoms with van der Waals surface area (Å²) in [6.45, 7) is 0. The van der Waals surface area contributed by atoms with Gasteiger partial charge in [-0.2, -0.15) is 0 Å². The average Bonchev–Trinajstić information content (AvgIpc) is 3.12. The summed E-state index contributed by atoms with van der Waals surface area (Å²) in [7, 11) is 0. The van der Waals surface area contributed by atoms with Gasteiger partial charge in [0.25, 0.3) is 5.91 Å². The number of carbonyl (C=O) groups excluding carboxylic acids is 2. The maximum atomic E-state index is 12.3. The van der Waals surface area contributed by atoms with Gasteiger partial charge < -0.3 is 16.4 Å². The highest BCUT2D eigenvalue weighted by molar-refractivity contribution is 7.17. The summed E-state index contributed by atoms with van der Waals surface area (Å²) >= 11 is 7.27. The molecule has 0 spiro atoms. The van der Waals surface area contributed by atoms with E-state index in [0.717, 1.165) is 29.7 Å². The highest BCUT2D eigenvalue weighted by Gasteiger charge is 2.37. The van der Waals surface area contributed by atoms with E-state index in [1.54, 1.807) is 24.3 Å². The average molecular weight is 377 g/mol. The predicted octanol–water partition coefficient (Wildman–Crippen LogP) is 3.49. The molecule has 0 aliphatic carbocycles. The predicted molar refractivity (Wildman–Crippen MR) is 99.5 cm³/mol. The Morgan fingerprint density at radius 3 is 2.68 bits per heavy atom. The Morgan fingerprint density at radius 1 is 1.20 bits per heavy atom. The van der Waals surface area contributed by atoms with Gasteiger partial charge in [-0.25, -0.2) is 4.79 Å². The number of hydrogen-bond acceptors (Lipinski definition) is 4. The number of nitrogens with two attached hydrogens (primary N) is 1. The molecule has 1 saturated heterocycles. The lowest BCUT2D eigenvalue weighted by atomic mass is 9.98. The number of benzene rings is 1. The van der Waals surface area contributed by atoms with Crippen molar-refractivity contribution < 1.29 is 9.59 Å². The van der Waals surface area contributed by atoms with Crippen LogP contribution < -0.4 is 21.7 Å². The van der Waals surface area contributed by atoms with Crippen LogP contribution in [-0.4, -0.2) is 18.0 Å². The number of anilines is 2. The third kappa shape index (κ3) is 3.10. The SMILES string of the molecule is NC(=O)c1c(NC(=O)Nc2ccc(Cl)cc2)sc2c1CC1CCC2N1. The number of urea groups is 1. The molecule has 5 N–H and O–H groups in total. The molecule has 130 valence electrons. The first kappa shape index (κ1) is 16.4. The lowest BCUT2D eigenvalue weighted by molar-refractivity contribution is 0.100. The molecule has 25 heavy (non-hydrogen) atoms. The van der Waals surface area contributed by atoms with Gasteiger partial charge in [0.15, 0.2) is 0 Å². The van der Waals surface area contributed by atoms with E-state index in [2.05, 4.69) is 16.0 Å². The Bertz CT molecular complexity index is 849. The standard InChI is InChI=1S/C17H17ClN4O2S/c18-8-1-3-9(4-2-8)21-17(24)22-16-13(15(19)23)11-7-10-5-6-12(20-10)14(11)25-16/h1-4,10,12,20H,5-7H2,(H2,19,23)(H2,21,22,24). The molecule has 4 rings (SSSR count). The Kier molecular flexibility index (Phi) is 4.15. The Hall–Kier alpha value is -2.09. The Balaban J connectivity index is 1.58. The van der Waals surface area contributed by atoms with Crippen molar-refractivity contribution >= 4 is 45.6 Å². The molecule has 1 fully saturated rings. The molecule has 3 amide bonds. The fourth-order valence-corrected chi connectivity index (χ4v) is 5.00.